The predicted molar refractivity (Wildman–Crippen MR) is 92.2 cm³/mol. The SMILES string of the molecule is CCn1c(C)nnc1SC(C)C(=O)Nc1ccc(S(N)(=O)=O)cc1. The predicted octanol–water partition coefficient (Wildman–Crippen LogP) is 1.37. The molecule has 0 radical (unpaired) electrons. The summed E-state index contributed by atoms with van der Waals surface area (Å²) in [5.74, 6) is 0.581. The third kappa shape index (κ3) is 4.34. The highest BCUT2D eigenvalue weighted by molar-refractivity contribution is 8.00. The third-order valence-corrected chi connectivity index (χ3v) is 5.33. The van der Waals surface area contributed by atoms with Gasteiger partial charge < -0.3 is 9.88 Å². The number of rotatable bonds is 6. The van der Waals surface area contributed by atoms with Gasteiger partial charge in [0.1, 0.15) is 5.82 Å². The van der Waals surface area contributed by atoms with Crippen LogP contribution in [-0.2, 0) is 21.4 Å². The zero-order valence-electron chi connectivity index (χ0n) is 13.6. The molecule has 3 N–H and O–H groups in total. The lowest BCUT2D eigenvalue weighted by Crippen LogP contribution is -2.23. The lowest BCUT2D eigenvalue weighted by Gasteiger charge is -2.12. The van der Waals surface area contributed by atoms with Crippen molar-refractivity contribution in [3.63, 3.8) is 0 Å². The Bertz CT molecular complexity index is 831. The molecule has 1 heterocycles. The lowest BCUT2D eigenvalue weighted by atomic mass is 10.3. The molecule has 1 atom stereocenters. The fourth-order valence-electron chi connectivity index (χ4n) is 2.00. The Morgan fingerprint density at radius 3 is 2.50 bits per heavy atom. The number of sulfonamides is 1. The summed E-state index contributed by atoms with van der Waals surface area (Å²) < 4.78 is 24.4. The normalized spacial score (nSPS) is 12.8. The maximum absolute atomic E-state index is 12.3. The molecule has 1 aromatic carbocycles. The summed E-state index contributed by atoms with van der Waals surface area (Å²) in [6.45, 7) is 6.34. The first kappa shape index (κ1) is 18.4. The zero-order chi connectivity index (χ0) is 17.9. The van der Waals surface area contributed by atoms with Crippen LogP contribution in [0.1, 0.15) is 19.7 Å². The van der Waals surface area contributed by atoms with Crippen LogP contribution in [0.15, 0.2) is 34.3 Å². The van der Waals surface area contributed by atoms with E-state index in [0.29, 0.717) is 10.8 Å². The maximum atomic E-state index is 12.3. The number of nitrogens with two attached hydrogens (primary N) is 1. The van der Waals surface area contributed by atoms with E-state index in [9.17, 15) is 13.2 Å². The summed E-state index contributed by atoms with van der Waals surface area (Å²) in [6.07, 6.45) is 0. The minimum absolute atomic E-state index is 0.00514. The Morgan fingerprint density at radius 1 is 1.33 bits per heavy atom. The molecule has 0 spiro atoms. The number of carbonyl (C=O) groups excluding carboxylic acids is 1. The van der Waals surface area contributed by atoms with Gasteiger partial charge in [0.25, 0.3) is 0 Å². The van der Waals surface area contributed by atoms with Gasteiger partial charge in [0.2, 0.25) is 15.9 Å². The fraction of sp³-hybridized carbons (Fsp3) is 0.357. The Labute approximate surface area is 144 Å². The van der Waals surface area contributed by atoms with Crippen LogP contribution in [0.3, 0.4) is 0 Å². The number of aryl methyl sites for hydroxylation is 1. The van der Waals surface area contributed by atoms with Gasteiger partial charge in [-0.2, -0.15) is 0 Å². The van der Waals surface area contributed by atoms with Crippen LogP contribution in [-0.4, -0.2) is 34.3 Å². The van der Waals surface area contributed by atoms with Crippen LogP contribution in [0.4, 0.5) is 5.69 Å². The molecule has 1 unspecified atom stereocenters. The number of anilines is 1. The van der Waals surface area contributed by atoms with Gasteiger partial charge in [-0.3, -0.25) is 4.79 Å². The molecule has 8 nitrogen and oxygen atoms in total. The Kier molecular flexibility index (Phi) is 5.62. The maximum Gasteiger partial charge on any atom is 0.238 e. The molecule has 0 saturated carbocycles. The monoisotopic (exact) mass is 369 g/mol. The molecule has 0 saturated heterocycles. The van der Waals surface area contributed by atoms with Gasteiger partial charge >= 0.3 is 0 Å². The van der Waals surface area contributed by atoms with Gasteiger partial charge in [0.15, 0.2) is 5.16 Å². The second kappa shape index (κ2) is 7.32. The van der Waals surface area contributed by atoms with Crippen molar-refractivity contribution in [3.05, 3.63) is 30.1 Å². The Morgan fingerprint density at radius 2 is 1.96 bits per heavy atom. The second-order valence-electron chi connectivity index (χ2n) is 5.09. The van der Waals surface area contributed by atoms with Gasteiger partial charge in [-0.25, -0.2) is 13.6 Å². The first-order valence-corrected chi connectivity index (χ1v) is 9.65. The van der Waals surface area contributed by atoms with E-state index in [-0.39, 0.29) is 10.8 Å². The smallest absolute Gasteiger partial charge is 0.238 e. The van der Waals surface area contributed by atoms with Crippen LogP contribution in [0.5, 0.6) is 0 Å². The molecule has 0 fully saturated rings. The van der Waals surface area contributed by atoms with E-state index in [0.717, 1.165) is 12.4 Å². The van der Waals surface area contributed by atoms with Gasteiger partial charge in [0, 0.05) is 12.2 Å². The van der Waals surface area contributed by atoms with E-state index in [4.69, 9.17) is 5.14 Å². The average Bonchev–Trinajstić information content (AvgIpc) is 2.86. The third-order valence-electron chi connectivity index (χ3n) is 3.32. The van der Waals surface area contributed by atoms with Crippen LogP contribution >= 0.6 is 11.8 Å². The van der Waals surface area contributed by atoms with Gasteiger partial charge in [-0.1, -0.05) is 11.8 Å². The molecule has 0 aliphatic heterocycles. The van der Waals surface area contributed by atoms with Crippen molar-refractivity contribution >= 4 is 33.4 Å². The summed E-state index contributed by atoms with van der Waals surface area (Å²) in [4.78, 5) is 12.3. The summed E-state index contributed by atoms with van der Waals surface area (Å²) >= 11 is 1.31. The molecule has 24 heavy (non-hydrogen) atoms. The zero-order valence-corrected chi connectivity index (χ0v) is 15.2. The van der Waals surface area contributed by atoms with Crippen molar-refractivity contribution in [2.75, 3.05) is 5.32 Å². The molecule has 1 aromatic heterocycles. The van der Waals surface area contributed by atoms with Gasteiger partial charge in [0.05, 0.1) is 10.1 Å². The number of benzene rings is 1. The van der Waals surface area contributed by atoms with Crippen LogP contribution in [0, 0.1) is 6.92 Å². The molecule has 1 amide bonds. The average molecular weight is 369 g/mol. The molecule has 2 aromatic rings. The number of primary sulfonamides is 1. The fourth-order valence-corrected chi connectivity index (χ4v) is 3.47. The highest BCUT2D eigenvalue weighted by atomic mass is 32.2. The standard InChI is InChI=1S/C14H19N5O3S2/c1-4-19-10(3)17-18-14(19)23-9(2)13(20)16-11-5-7-12(8-6-11)24(15,21)22/h5-9H,4H2,1-3H3,(H,16,20)(H2,15,21,22). The number of carbonyl (C=O) groups is 1. The number of nitrogens with one attached hydrogen (secondary N) is 1. The van der Waals surface area contributed by atoms with Crippen molar-refractivity contribution in [1.82, 2.24) is 14.8 Å². The number of hydrogen-bond acceptors (Lipinski definition) is 6. The van der Waals surface area contributed by atoms with Crippen molar-refractivity contribution < 1.29 is 13.2 Å². The first-order valence-electron chi connectivity index (χ1n) is 7.22. The van der Waals surface area contributed by atoms with E-state index in [1.54, 1.807) is 6.92 Å². The van der Waals surface area contributed by atoms with E-state index in [2.05, 4.69) is 15.5 Å². The molecule has 0 bridgehead atoms. The quantitative estimate of drug-likeness (QED) is 0.742. The molecule has 10 heteroatoms. The summed E-state index contributed by atoms with van der Waals surface area (Å²) in [7, 11) is -3.75. The minimum atomic E-state index is -3.75. The Hall–Kier alpha value is -1.91. The van der Waals surface area contributed by atoms with Crippen molar-refractivity contribution in [2.45, 2.75) is 42.6 Å². The highest BCUT2D eigenvalue weighted by Crippen LogP contribution is 2.23. The number of amides is 1. The van der Waals surface area contributed by atoms with Crippen molar-refractivity contribution in [2.24, 2.45) is 5.14 Å². The summed E-state index contributed by atoms with van der Waals surface area (Å²) in [5, 5.41) is 16.1. The Balaban J connectivity index is 2.03. The van der Waals surface area contributed by atoms with E-state index in [1.165, 1.54) is 36.0 Å². The van der Waals surface area contributed by atoms with Gasteiger partial charge in [-0.05, 0) is 45.0 Å². The molecular weight excluding hydrogens is 350 g/mol. The second-order valence-corrected chi connectivity index (χ2v) is 7.96. The topological polar surface area (TPSA) is 120 Å². The van der Waals surface area contributed by atoms with E-state index < -0.39 is 15.3 Å². The van der Waals surface area contributed by atoms with Gasteiger partial charge in [-0.15, -0.1) is 10.2 Å². The number of hydrogen-bond donors (Lipinski definition) is 2. The minimum Gasteiger partial charge on any atom is -0.325 e. The largest absolute Gasteiger partial charge is 0.325 e. The molecular formula is C14H19N5O3S2. The molecule has 2 rings (SSSR count). The number of nitrogens with zero attached hydrogens (tertiary/aromatic N) is 3. The van der Waals surface area contributed by atoms with Crippen molar-refractivity contribution in [1.29, 1.82) is 0 Å². The summed E-state index contributed by atoms with van der Waals surface area (Å²) in [6, 6.07) is 5.68. The van der Waals surface area contributed by atoms with E-state index in [1.807, 2.05) is 18.4 Å². The van der Waals surface area contributed by atoms with Crippen molar-refractivity contribution in [3.8, 4) is 0 Å². The van der Waals surface area contributed by atoms with Crippen LogP contribution in [0.25, 0.3) is 0 Å². The van der Waals surface area contributed by atoms with Crippen LogP contribution < -0.4 is 10.5 Å². The first-order chi connectivity index (χ1) is 11.2. The number of aromatic nitrogens is 3. The van der Waals surface area contributed by atoms with Crippen LogP contribution in [0.2, 0.25) is 0 Å². The highest BCUT2D eigenvalue weighted by Gasteiger charge is 2.19. The summed E-state index contributed by atoms with van der Waals surface area (Å²) in [5.41, 5.74) is 0.494. The number of thioether (sulfide) groups is 1. The molecule has 0 aliphatic carbocycles. The lowest BCUT2D eigenvalue weighted by molar-refractivity contribution is -0.115. The molecule has 130 valence electrons. The molecule has 0 aliphatic rings. The van der Waals surface area contributed by atoms with E-state index >= 15 is 0 Å².